The van der Waals surface area contributed by atoms with Crippen molar-refractivity contribution in [3.63, 3.8) is 0 Å². The molecule has 0 aromatic carbocycles. The molecule has 0 spiro atoms. The highest BCUT2D eigenvalue weighted by atomic mass is 16.3. The zero-order chi connectivity index (χ0) is 9.97. The maximum absolute atomic E-state index is 9.85. The van der Waals surface area contributed by atoms with E-state index >= 15 is 0 Å². The normalized spacial score (nSPS) is 27.5. The number of rotatable bonds is 2. The largest absolute Gasteiger partial charge is 0.389 e. The zero-order valence-corrected chi connectivity index (χ0v) is 8.34. The van der Waals surface area contributed by atoms with E-state index in [2.05, 4.69) is 11.1 Å². The van der Waals surface area contributed by atoms with Gasteiger partial charge in [0.1, 0.15) is 18.4 Å². The Hall–Kier alpha value is -1.09. The molecule has 1 aliphatic rings. The second-order valence-electron chi connectivity index (χ2n) is 3.91. The minimum atomic E-state index is -0.186. The summed E-state index contributed by atoms with van der Waals surface area (Å²) in [6.07, 6.45) is 11.9. The second kappa shape index (κ2) is 3.96. The summed E-state index contributed by atoms with van der Waals surface area (Å²) in [5, 5.41) is 9.85. The van der Waals surface area contributed by atoms with Crippen LogP contribution in [-0.2, 0) is 0 Å². The molecule has 3 heteroatoms. The molecular weight excluding hydrogens is 176 g/mol. The second-order valence-corrected chi connectivity index (χ2v) is 3.91. The van der Waals surface area contributed by atoms with Crippen molar-refractivity contribution in [2.75, 3.05) is 0 Å². The van der Waals surface area contributed by atoms with Gasteiger partial charge in [-0.1, -0.05) is 13.0 Å². The van der Waals surface area contributed by atoms with Crippen molar-refractivity contribution in [3.8, 4) is 0 Å². The lowest BCUT2D eigenvalue weighted by atomic mass is 9.92. The molecule has 1 aromatic heterocycles. The van der Waals surface area contributed by atoms with Gasteiger partial charge in [-0.05, 0) is 19.3 Å². The van der Waals surface area contributed by atoms with Gasteiger partial charge in [-0.25, -0.2) is 9.13 Å². The lowest BCUT2D eigenvalue weighted by molar-refractivity contribution is -0.731. The maximum Gasteiger partial charge on any atom is 0.248 e. The van der Waals surface area contributed by atoms with Gasteiger partial charge in [0.2, 0.25) is 6.33 Å². The van der Waals surface area contributed by atoms with Gasteiger partial charge >= 0.3 is 0 Å². The van der Waals surface area contributed by atoms with Crippen molar-refractivity contribution in [3.05, 3.63) is 25.3 Å². The molecule has 1 fully saturated rings. The van der Waals surface area contributed by atoms with Gasteiger partial charge in [-0.3, -0.25) is 0 Å². The summed E-state index contributed by atoms with van der Waals surface area (Å²) in [5.41, 5.74) is 0. The van der Waals surface area contributed by atoms with E-state index in [0.717, 1.165) is 19.3 Å². The van der Waals surface area contributed by atoms with Gasteiger partial charge in [-0.15, -0.1) is 0 Å². The minimum absolute atomic E-state index is 0.186. The first-order valence-electron chi connectivity index (χ1n) is 5.20. The van der Waals surface area contributed by atoms with Gasteiger partial charge in [0.25, 0.3) is 0 Å². The summed E-state index contributed by atoms with van der Waals surface area (Å²) in [6.45, 7) is 3.70. The van der Waals surface area contributed by atoms with Crippen LogP contribution in [0.15, 0.2) is 25.3 Å². The number of hydrogen-bond donors (Lipinski definition) is 1. The molecule has 76 valence electrons. The molecule has 14 heavy (non-hydrogen) atoms. The number of aromatic nitrogens is 2. The molecule has 1 N–H and O–H groups in total. The molecule has 2 atom stereocenters. The van der Waals surface area contributed by atoms with E-state index < -0.39 is 0 Å². The Morgan fingerprint density at radius 1 is 1.43 bits per heavy atom. The molecule has 2 unspecified atom stereocenters. The summed E-state index contributed by atoms with van der Waals surface area (Å²) >= 11 is 0. The molecule has 1 aliphatic carbocycles. The third-order valence-electron chi connectivity index (χ3n) is 2.97. The molecular formula is C11H17N2O+. The van der Waals surface area contributed by atoms with Crippen molar-refractivity contribution >= 4 is 6.20 Å². The Morgan fingerprint density at radius 2 is 2.21 bits per heavy atom. The standard InChI is InChI=1S/C11H17N2O/c1-2-12-7-8-13(9-12)10-5-3-4-6-11(10)14/h2,7-11,14H,1,3-6H2/q+1. The predicted octanol–water partition coefficient (Wildman–Crippen LogP) is 1.35. The van der Waals surface area contributed by atoms with Crippen molar-refractivity contribution in [1.82, 2.24) is 4.57 Å². The van der Waals surface area contributed by atoms with Crippen LogP contribution in [0.4, 0.5) is 0 Å². The average Bonchev–Trinajstić information content (AvgIpc) is 2.67. The van der Waals surface area contributed by atoms with E-state index in [1.807, 2.05) is 23.3 Å². The summed E-state index contributed by atoms with van der Waals surface area (Å²) in [5.74, 6) is 0. The van der Waals surface area contributed by atoms with Gasteiger partial charge in [0.05, 0.1) is 12.3 Å². The third-order valence-corrected chi connectivity index (χ3v) is 2.97. The fourth-order valence-electron chi connectivity index (χ4n) is 2.13. The molecule has 0 aliphatic heterocycles. The lowest BCUT2D eigenvalue weighted by Crippen LogP contribution is -2.45. The number of aliphatic hydroxyl groups is 1. The van der Waals surface area contributed by atoms with Crippen LogP contribution in [0.25, 0.3) is 6.20 Å². The van der Waals surface area contributed by atoms with Crippen molar-refractivity contribution in [1.29, 1.82) is 0 Å². The van der Waals surface area contributed by atoms with Crippen LogP contribution in [0.3, 0.4) is 0 Å². The third kappa shape index (κ3) is 1.73. The van der Waals surface area contributed by atoms with Crippen LogP contribution < -0.4 is 4.57 Å². The van der Waals surface area contributed by atoms with Crippen LogP contribution in [0, 0.1) is 0 Å². The fourth-order valence-corrected chi connectivity index (χ4v) is 2.13. The fraction of sp³-hybridized carbons (Fsp3) is 0.545. The SMILES string of the molecule is C=Cn1cc[n+](C2CCCCC2O)c1. The van der Waals surface area contributed by atoms with Crippen LogP contribution in [-0.4, -0.2) is 15.8 Å². The van der Waals surface area contributed by atoms with E-state index in [-0.39, 0.29) is 12.1 Å². The molecule has 0 amide bonds. The van der Waals surface area contributed by atoms with Gasteiger partial charge in [0, 0.05) is 0 Å². The van der Waals surface area contributed by atoms with Crippen LogP contribution in [0.5, 0.6) is 0 Å². The Kier molecular flexibility index (Phi) is 2.68. The van der Waals surface area contributed by atoms with E-state index in [1.54, 1.807) is 6.20 Å². The first-order valence-corrected chi connectivity index (χ1v) is 5.20. The summed E-state index contributed by atoms with van der Waals surface area (Å²) in [6, 6.07) is 0.255. The monoisotopic (exact) mass is 193 g/mol. The van der Waals surface area contributed by atoms with Crippen LogP contribution in [0.2, 0.25) is 0 Å². The maximum atomic E-state index is 9.85. The van der Waals surface area contributed by atoms with Gasteiger partial charge in [0.15, 0.2) is 0 Å². The van der Waals surface area contributed by atoms with Crippen molar-refractivity contribution in [2.24, 2.45) is 0 Å². The first-order chi connectivity index (χ1) is 6.81. The van der Waals surface area contributed by atoms with Crippen molar-refractivity contribution < 1.29 is 9.67 Å². The summed E-state index contributed by atoms with van der Waals surface area (Å²) < 4.78 is 3.99. The van der Waals surface area contributed by atoms with E-state index in [1.165, 1.54) is 6.42 Å². The van der Waals surface area contributed by atoms with Gasteiger partial charge in [-0.2, -0.15) is 0 Å². The summed E-state index contributed by atoms with van der Waals surface area (Å²) in [4.78, 5) is 0. The Bertz CT molecular complexity index is 319. The first kappa shape index (κ1) is 9.46. The predicted molar refractivity (Wildman–Crippen MR) is 54.5 cm³/mol. The van der Waals surface area contributed by atoms with Crippen LogP contribution in [0.1, 0.15) is 31.7 Å². The molecule has 0 saturated heterocycles. The zero-order valence-electron chi connectivity index (χ0n) is 8.34. The van der Waals surface area contributed by atoms with Crippen LogP contribution >= 0.6 is 0 Å². The smallest absolute Gasteiger partial charge is 0.248 e. The number of imidazole rings is 1. The molecule has 1 heterocycles. The highest BCUT2D eigenvalue weighted by molar-refractivity contribution is 5.13. The van der Waals surface area contributed by atoms with E-state index in [4.69, 9.17) is 0 Å². The molecule has 3 nitrogen and oxygen atoms in total. The average molecular weight is 193 g/mol. The Labute approximate surface area is 84.3 Å². The lowest BCUT2D eigenvalue weighted by Gasteiger charge is -2.24. The Morgan fingerprint density at radius 3 is 2.86 bits per heavy atom. The Balaban J connectivity index is 2.16. The highest BCUT2D eigenvalue weighted by Gasteiger charge is 2.28. The van der Waals surface area contributed by atoms with E-state index in [0.29, 0.717) is 0 Å². The molecule has 1 aromatic rings. The molecule has 1 saturated carbocycles. The van der Waals surface area contributed by atoms with Gasteiger partial charge < -0.3 is 5.11 Å². The number of nitrogens with zero attached hydrogens (tertiary/aromatic N) is 2. The number of hydrogen-bond acceptors (Lipinski definition) is 1. The highest BCUT2D eigenvalue weighted by Crippen LogP contribution is 2.24. The summed E-state index contributed by atoms with van der Waals surface area (Å²) in [7, 11) is 0. The minimum Gasteiger partial charge on any atom is -0.389 e. The molecule has 0 radical (unpaired) electrons. The number of aliphatic hydroxyl groups excluding tert-OH is 1. The van der Waals surface area contributed by atoms with E-state index in [9.17, 15) is 5.11 Å². The quantitative estimate of drug-likeness (QED) is 0.706. The van der Waals surface area contributed by atoms with Crippen molar-refractivity contribution in [2.45, 2.75) is 37.8 Å². The molecule has 0 bridgehead atoms. The molecule has 2 rings (SSSR count). The topological polar surface area (TPSA) is 29.0 Å².